The van der Waals surface area contributed by atoms with E-state index in [0.29, 0.717) is 24.1 Å². The van der Waals surface area contributed by atoms with Gasteiger partial charge in [-0.1, -0.05) is 75.0 Å². The number of hydrogen-bond acceptors (Lipinski definition) is 5. The normalized spacial score (nSPS) is 11.3. The van der Waals surface area contributed by atoms with E-state index >= 15 is 0 Å². The number of benzene rings is 1. The third-order valence-electron chi connectivity index (χ3n) is 5.98. The lowest BCUT2D eigenvalue weighted by molar-refractivity contribution is 0.589. The molecule has 9 heteroatoms. The molecule has 34 heavy (non-hydrogen) atoms. The number of halogens is 1. The lowest BCUT2D eigenvalue weighted by Crippen LogP contribution is -2.26. The number of imidazole rings is 1. The van der Waals surface area contributed by atoms with Gasteiger partial charge in [0, 0.05) is 23.9 Å². The fraction of sp³-hybridized carbons (Fsp3) is 0.400. The largest absolute Gasteiger partial charge is 0.329 e. The fourth-order valence-electron chi connectivity index (χ4n) is 4.11. The molecule has 0 atom stereocenters. The van der Waals surface area contributed by atoms with Gasteiger partial charge in [0.2, 0.25) is 5.82 Å². The van der Waals surface area contributed by atoms with Gasteiger partial charge in [-0.2, -0.15) is 5.21 Å². The molecule has 0 aliphatic carbocycles. The van der Waals surface area contributed by atoms with E-state index in [2.05, 4.69) is 39.5 Å². The summed E-state index contributed by atoms with van der Waals surface area (Å²) >= 11 is 6.69. The standard InChI is InChI=1S/C25H30ClN7O/c1-3-5-7-12-22-23(26)32(15-6-4-2)25(34)33(22)17-19-14-13-18(16-27-19)20-10-8-9-11-21(20)24-28-30-31-29-24/h8-11,13-14,16H,3-7,12,15,17H2,1-2H3,(H,28,29,30,31). The van der Waals surface area contributed by atoms with Crippen molar-refractivity contribution < 1.29 is 0 Å². The molecular weight excluding hydrogens is 450 g/mol. The zero-order valence-corrected chi connectivity index (χ0v) is 20.4. The minimum Gasteiger partial charge on any atom is -0.289 e. The number of hydrogen-bond donors (Lipinski definition) is 1. The smallest absolute Gasteiger partial charge is 0.289 e. The minimum atomic E-state index is -0.0572. The van der Waals surface area contributed by atoms with E-state index in [1.165, 1.54) is 0 Å². The maximum Gasteiger partial charge on any atom is 0.329 e. The summed E-state index contributed by atoms with van der Waals surface area (Å²) in [5.74, 6) is 0.533. The highest BCUT2D eigenvalue weighted by Crippen LogP contribution is 2.29. The Labute approximate surface area is 204 Å². The number of unbranched alkanes of at least 4 members (excludes halogenated alkanes) is 3. The maximum atomic E-state index is 13.2. The average Bonchev–Trinajstić information content (AvgIpc) is 3.47. The highest BCUT2D eigenvalue weighted by molar-refractivity contribution is 6.30. The molecule has 0 saturated heterocycles. The Kier molecular flexibility index (Phi) is 7.90. The molecule has 178 valence electrons. The Morgan fingerprint density at radius 1 is 0.971 bits per heavy atom. The first kappa shape index (κ1) is 23.9. The van der Waals surface area contributed by atoms with Crippen LogP contribution in [0.25, 0.3) is 22.5 Å². The molecule has 0 spiro atoms. The first-order valence-corrected chi connectivity index (χ1v) is 12.3. The van der Waals surface area contributed by atoms with Crippen LogP contribution in [0.4, 0.5) is 0 Å². The van der Waals surface area contributed by atoms with Crippen LogP contribution in [0.5, 0.6) is 0 Å². The van der Waals surface area contributed by atoms with Crippen LogP contribution in [-0.2, 0) is 19.5 Å². The molecule has 3 aromatic heterocycles. The average molecular weight is 480 g/mol. The van der Waals surface area contributed by atoms with Crippen molar-refractivity contribution in [2.24, 2.45) is 0 Å². The van der Waals surface area contributed by atoms with Crippen molar-refractivity contribution in [3.05, 3.63) is 69.6 Å². The van der Waals surface area contributed by atoms with Gasteiger partial charge in [0.15, 0.2) is 0 Å². The van der Waals surface area contributed by atoms with Crippen LogP contribution in [0.1, 0.15) is 57.3 Å². The van der Waals surface area contributed by atoms with Gasteiger partial charge in [0.25, 0.3) is 0 Å². The molecule has 0 fully saturated rings. The molecule has 0 saturated carbocycles. The van der Waals surface area contributed by atoms with Crippen molar-refractivity contribution in [2.45, 2.75) is 65.5 Å². The highest BCUT2D eigenvalue weighted by atomic mass is 35.5. The number of aromatic amines is 1. The lowest BCUT2D eigenvalue weighted by Gasteiger charge is -2.09. The number of tetrazole rings is 1. The Morgan fingerprint density at radius 3 is 2.44 bits per heavy atom. The second kappa shape index (κ2) is 11.2. The fourth-order valence-corrected chi connectivity index (χ4v) is 4.46. The van der Waals surface area contributed by atoms with Crippen LogP contribution in [-0.4, -0.2) is 34.7 Å². The Bertz CT molecular complexity index is 1260. The molecule has 0 aliphatic heterocycles. The minimum absolute atomic E-state index is 0.0572. The summed E-state index contributed by atoms with van der Waals surface area (Å²) in [4.78, 5) is 17.9. The molecule has 0 unspecified atom stereocenters. The molecule has 4 rings (SSSR count). The van der Waals surface area contributed by atoms with Crippen LogP contribution in [0, 0.1) is 0 Å². The molecule has 0 radical (unpaired) electrons. The first-order valence-electron chi connectivity index (χ1n) is 11.9. The van der Waals surface area contributed by atoms with Crippen LogP contribution in [0.15, 0.2) is 47.4 Å². The molecular formula is C25H30ClN7O. The van der Waals surface area contributed by atoms with Crippen molar-refractivity contribution in [1.82, 2.24) is 34.7 Å². The Balaban J connectivity index is 1.62. The van der Waals surface area contributed by atoms with Crippen LogP contribution in [0.3, 0.4) is 0 Å². The topological polar surface area (TPSA) is 94.3 Å². The molecule has 4 aromatic rings. The van der Waals surface area contributed by atoms with E-state index in [9.17, 15) is 4.79 Å². The van der Waals surface area contributed by atoms with E-state index in [-0.39, 0.29) is 5.69 Å². The second-order valence-electron chi connectivity index (χ2n) is 8.39. The first-order chi connectivity index (χ1) is 16.6. The number of pyridine rings is 1. The summed E-state index contributed by atoms with van der Waals surface area (Å²) < 4.78 is 3.50. The number of rotatable bonds is 11. The number of nitrogens with one attached hydrogen (secondary N) is 1. The zero-order valence-electron chi connectivity index (χ0n) is 19.7. The number of nitrogens with zero attached hydrogens (tertiary/aromatic N) is 6. The van der Waals surface area contributed by atoms with Crippen LogP contribution < -0.4 is 5.69 Å². The van der Waals surface area contributed by atoms with E-state index in [1.54, 1.807) is 9.13 Å². The lowest BCUT2D eigenvalue weighted by atomic mass is 10.0. The maximum absolute atomic E-state index is 13.2. The van der Waals surface area contributed by atoms with Gasteiger partial charge in [-0.3, -0.25) is 14.1 Å². The van der Waals surface area contributed by atoms with Crippen molar-refractivity contribution in [3.8, 4) is 22.5 Å². The second-order valence-corrected chi connectivity index (χ2v) is 8.75. The Morgan fingerprint density at radius 2 is 1.76 bits per heavy atom. The quantitative estimate of drug-likeness (QED) is 0.301. The van der Waals surface area contributed by atoms with E-state index < -0.39 is 0 Å². The molecule has 3 heterocycles. The van der Waals surface area contributed by atoms with Crippen molar-refractivity contribution >= 4 is 11.6 Å². The van der Waals surface area contributed by atoms with E-state index in [4.69, 9.17) is 11.6 Å². The summed E-state index contributed by atoms with van der Waals surface area (Å²) in [6.07, 6.45) is 7.78. The summed E-state index contributed by atoms with van der Waals surface area (Å²) in [5.41, 5.74) is 4.44. The van der Waals surface area contributed by atoms with Crippen molar-refractivity contribution in [3.63, 3.8) is 0 Å². The van der Waals surface area contributed by atoms with Crippen LogP contribution >= 0.6 is 11.6 Å². The highest BCUT2D eigenvalue weighted by Gasteiger charge is 2.19. The molecule has 0 bridgehead atoms. The number of aromatic nitrogens is 7. The summed E-state index contributed by atoms with van der Waals surface area (Å²) in [7, 11) is 0. The summed E-state index contributed by atoms with van der Waals surface area (Å²) in [6, 6.07) is 11.8. The molecule has 1 aromatic carbocycles. The predicted molar refractivity (Wildman–Crippen MR) is 134 cm³/mol. The summed E-state index contributed by atoms with van der Waals surface area (Å²) in [5, 5.41) is 15.0. The van der Waals surface area contributed by atoms with Gasteiger partial charge in [-0.15, -0.1) is 10.2 Å². The van der Waals surface area contributed by atoms with Gasteiger partial charge < -0.3 is 0 Å². The third kappa shape index (κ3) is 5.12. The zero-order chi connectivity index (χ0) is 23.9. The molecule has 0 amide bonds. The molecule has 8 nitrogen and oxygen atoms in total. The van der Waals surface area contributed by atoms with Gasteiger partial charge in [0.05, 0.1) is 17.9 Å². The molecule has 0 aliphatic rings. The van der Waals surface area contributed by atoms with Crippen molar-refractivity contribution in [2.75, 3.05) is 0 Å². The van der Waals surface area contributed by atoms with Crippen molar-refractivity contribution in [1.29, 1.82) is 0 Å². The van der Waals surface area contributed by atoms with Gasteiger partial charge in [-0.25, -0.2) is 4.79 Å². The Hall–Kier alpha value is -3.26. The van der Waals surface area contributed by atoms with Gasteiger partial charge in [-0.05, 0) is 36.1 Å². The van der Waals surface area contributed by atoms with Gasteiger partial charge in [0.1, 0.15) is 5.15 Å². The number of H-pyrrole nitrogens is 1. The third-order valence-corrected chi connectivity index (χ3v) is 6.41. The van der Waals surface area contributed by atoms with Crippen LogP contribution in [0.2, 0.25) is 5.15 Å². The SMILES string of the molecule is CCCCCc1c(Cl)n(CCCC)c(=O)n1Cc1ccc(-c2ccccc2-c2nn[nH]n2)cn1. The summed E-state index contributed by atoms with van der Waals surface area (Å²) in [6.45, 7) is 5.32. The molecule has 1 N–H and O–H groups in total. The monoisotopic (exact) mass is 479 g/mol. The van der Waals surface area contributed by atoms with E-state index in [0.717, 1.165) is 66.6 Å². The predicted octanol–water partition coefficient (Wildman–Crippen LogP) is 5.13. The van der Waals surface area contributed by atoms with Gasteiger partial charge >= 0.3 is 5.69 Å². The van der Waals surface area contributed by atoms with E-state index in [1.807, 2.05) is 42.6 Å².